The van der Waals surface area contributed by atoms with E-state index in [0.717, 1.165) is 11.1 Å². The molecule has 0 aliphatic rings. The molecule has 1 heterocycles. The predicted molar refractivity (Wildman–Crippen MR) is 80.2 cm³/mol. The van der Waals surface area contributed by atoms with Crippen molar-refractivity contribution in [2.45, 2.75) is 27.2 Å². The van der Waals surface area contributed by atoms with Gasteiger partial charge in [0.15, 0.2) is 0 Å². The number of rotatable bonds is 4. The van der Waals surface area contributed by atoms with E-state index in [4.69, 9.17) is 22.2 Å². The summed E-state index contributed by atoms with van der Waals surface area (Å²) < 4.78 is 5.82. The maximum Gasteiger partial charge on any atom is 0.227 e. The zero-order chi connectivity index (χ0) is 14.7. The molecule has 1 aromatic heterocycles. The zero-order valence-electron chi connectivity index (χ0n) is 11.7. The average Bonchev–Trinajstić information content (AvgIpc) is 2.45. The fourth-order valence-corrected chi connectivity index (χ4v) is 1.85. The average molecular weight is 293 g/mol. The molecule has 1 aromatic carbocycles. The Hall–Kier alpha value is -1.85. The predicted octanol–water partition coefficient (Wildman–Crippen LogP) is 3.39. The van der Waals surface area contributed by atoms with Crippen LogP contribution in [0.4, 0.5) is 5.82 Å². The lowest BCUT2D eigenvalue weighted by atomic mass is 10.2. The summed E-state index contributed by atoms with van der Waals surface area (Å²) in [5.74, 6) is 7.88. The van der Waals surface area contributed by atoms with Crippen LogP contribution in [-0.4, -0.2) is 9.97 Å². The van der Waals surface area contributed by atoms with Gasteiger partial charge in [0.2, 0.25) is 5.88 Å². The summed E-state index contributed by atoms with van der Waals surface area (Å²) in [7, 11) is 0. The molecule has 0 bridgehead atoms. The maximum atomic E-state index is 6.00. The number of hydrogen-bond donors (Lipinski definition) is 2. The Balaban J connectivity index is 2.39. The Labute approximate surface area is 123 Å². The highest BCUT2D eigenvalue weighted by Crippen LogP contribution is 2.29. The molecule has 5 nitrogen and oxygen atoms in total. The number of nitrogens with two attached hydrogens (primary N) is 1. The van der Waals surface area contributed by atoms with E-state index in [2.05, 4.69) is 15.4 Å². The second kappa shape index (κ2) is 6.07. The molecule has 0 saturated heterocycles. The Morgan fingerprint density at radius 1 is 1.30 bits per heavy atom. The van der Waals surface area contributed by atoms with Crippen LogP contribution in [0.2, 0.25) is 5.02 Å². The molecule has 0 fully saturated rings. The molecule has 0 radical (unpaired) electrons. The summed E-state index contributed by atoms with van der Waals surface area (Å²) in [5.41, 5.74) is 4.27. The van der Waals surface area contributed by atoms with Crippen LogP contribution in [0.1, 0.15) is 23.9 Å². The first-order chi connectivity index (χ1) is 9.55. The van der Waals surface area contributed by atoms with Gasteiger partial charge in [-0.15, -0.1) is 0 Å². The van der Waals surface area contributed by atoms with Gasteiger partial charge in [-0.05, 0) is 37.6 Å². The third-order valence-electron chi connectivity index (χ3n) is 2.94. The van der Waals surface area contributed by atoms with Gasteiger partial charge in [-0.3, -0.25) is 0 Å². The van der Waals surface area contributed by atoms with Gasteiger partial charge < -0.3 is 10.2 Å². The van der Waals surface area contributed by atoms with Crippen molar-refractivity contribution in [1.29, 1.82) is 0 Å². The smallest absolute Gasteiger partial charge is 0.227 e. The van der Waals surface area contributed by atoms with Crippen LogP contribution < -0.4 is 16.0 Å². The number of aryl methyl sites for hydroxylation is 2. The molecule has 0 unspecified atom stereocenters. The number of nitrogen functional groups attached to an aromatic ring is 1. The Morgan fingerprint density at radius 3 is 2.65 bits per heavy atom. The molecule has 0 aliphatic carbocycles. The summed E-state index contributed by atoms with van der Waals surface area (Å²) in [5, 5.41) is 0.704. The van der Waals surface area contributed by atoms with Crippen LogP contribution in [0.5, 0.6) is 11.6 Å². The fraction of sp³-hybridized carbons (Fsp3) is 0.286. The van der Waals surface area contributed by atoms with E-state index < -0.39 is 0 Å². The number of halogens is 1. The Bertz CT molecular complexity index is 631. The van der Waals surface area contributed by atoms with Crippen molar-refractivity contribution in [3.63, 3.8) is 0 Å². The molecule has 106 valence electrons. The molecule has 0 atom stereocenters. The number of aromatic nitrogens is 2. The molecule has 20 heavy (non-hydrogen) atoms. The number of hydrazine groups is 1. The molecular formula is C14H17ClN4O. The monoisotopic (exact) mass is 292 g/mol. The van der Waals surface area contributed by atoms with Gasteiger partial charge in [0.05, 0.1) is 5.56 Å². The van der Waals surface area contributed by atoms with E-state index in [1.165, 1.54) is 0 Å². The number of anilines is 1. The van der Waals surface area contributed by atoms with Crippen molar-refractivity contribution in [3.8, 4) is 11.6 Å². The lowest BCUT2D eigenvalue weighted by molar-refractivity contribution is 0.454. The first-order valence-corrected chi connectivity index (χ1v) is 6.71. The van der Waals surface area contributed by atoms with Crippen molar-refractivity contribution < 1.29 is 4.74 Å². The van der Waals surface area contributed by atoms with E-state index >= 15 is 0 Å². The minimum absolute atomic E-state index is 0.492. The van der Waals surface area contributed by atoms with E-state index in [1.807, 2.05) is 26.8 Å². The Morgan fingerprint density at radius 2 is 2.05 bits per heavy atom. The van der Waals surface area contributed by atoms with E-state index in [9.17, 15) is 0 Å². The molecule has 0 aliphatic heterocycles. The second-order valence-electron chi connectivity index (χ2n) is 4.43. The third-order valence-corrected chi connectivity index (χ3v) is 3.37. The summed E-state index contributed by atoms with van der Waals surface area (Å²) in [4.78, 5) is 8.68. The molecular weight excluding hydrogens is 276 g/mol. The van der Waals surface area contributed by atoms with Crippen molar-refractivity contribution in [1.82, 2.24) is 9.97 Å². The number of hydrogen-bond acceptors (Lipinski definition) is 5. The van der Waals surface area contributed by atoms with Crippen molar-refractivity contribution >= 4 is 17.4 Å². The van der Waals surface area contributed by atoms with Crippen LogP contribution >= 0.6 is 11.6 Å². The van der Waals surface area contributed by atoms with E-state index in [-0.39, 0.29) is 0 Å². The molecule has 2 rings (SSSR count). The Kier molecular flexibility index (Phi) is 4.42. The quantitative estimate of drug-likeness (QED) is 0.667. The minimum atomic E-state index is 0.492. The van der Waals surface area contributed by atoms with Crippen molar-refractivity contribution in [2.75, 3.05) is 5.43 Å². The first-order valence-electron chi connectivity index (χ1n) is 6.33. The first kappa shape index (κ1) is 14.6. The van der Waals surface area contributed by atoms with Gasteiger partial charge in [0, 0.05) is 11.4 Å². The second-order valence-corrected chi connectivity index (χ2v) is 4.84. The molecule has 0 saturated carbocycles. The molecule has 3 N–H and O–H groups in total. The molecule has 2 aromatic rings. The van der Waals surface area contributed by atoms with Gasteiger partial charge in [-0.1, -0.05) is 18.5 Å². The van der Waals surface area contributed by atoms with E-state index in [0.29, 0.717) is 34.7 Å². The summed E-state index contributed by atoms with van der Waals surface area (Å²) in [6.45, 7) is 5.75. The SMILES string of the molecule is CCc1nc(NN)c(C)c(Oc2ccc(Cl)c(C)c2)n1. The fourth-order valence-electron chi connectivity index (χ4n) is 1.73. The minimum Gasteiger partial charge on any atom is -0.439 e. The standard InChI is InChI=1S/C14H17ClN4O/c1-4-12-17-13(19-16)9(3)14(18-12)20-10-5-6-11(15)8(2)7-10/h5-7H,4,16H2,1-3H3,(H,17,18,19). The highest BCUT2D eigenvalue weighted by atomic mass is 35.5. The van der Waals surface area contributed by atoms with Gasteiger partial charge >= 0.3 is 0 Å². The zero-order valence-corrected chi connectivity index (χ0v) is 12.5. The number of nitrogens with one attached hydrogen (secondary N) is 1. The lowest BCUT2D eigenvalue weighted by Crippen LogP contribution is -2.13. The highest BCUT2D eigenvalue weighted by Gasteiger charge is 2.12. The highest BCUT2D eigenvalue weighted by molar-refractivity contribution is 6.31. The summed E-state index contributed by atoms with van der Waals surface area (Å²) in [6.07, 6.45) is 0.699. The number of benzene rings is 1. The number of ether oxygens (including phenoxy) is 1. The normalized spacial score (nSPS) is 10.4. The van der Waals surface area contributed by atoms with Gasteiger partial charge in [-0.25, -0.2) is 10.8 Å². The maximum absolute atomic E-state index is 6.00. The van der Waals surface area contributed by atoms with Crippen molar-refractivity contribution in [3.05, 3.63) is 40.2 Å². The third kappa shape index (κ3) is 3.00. The summed E-state index contributed by atoms with van der Waals surface area (Å²) in [6, 6.07) is 5.47. The topological polar surface area (TPSA) is 73.1 Å². The van der Waals surface area contributed by atoms with Crippen LogP contribution in [0.3, 0.4) is 0 Å². The van der Waals surface area contributed by atoms with Crippen LogP contribution in [-0.2, 0) is 6.42 Å². The van der Waals surface area contributed by atoms with Gasteiger partial charge in [0.25, 0.3) is 0 Å². The molecule has 0 amide bonds. The van der Waals surface area contributed by atoms with E-state index in [1.54, 1.807) is 12.1 Å². The summed E-state index contributed by atoms with van der Waals surface area (Å²) >= 11 is 6.00. The molecule has 0 spiro atoms. The number of nitrogens with zero attached hydrogens (tertiary/aromatic N) is 2. The largest absolute Gasteiger partial charge is 0.439 e. The van der Waals surface area contributed by atoms with Crippen LogP contribution in [0, 0.1) is 13.8 Å². The van der Waals surface area contributed by atoms with Gasteiger partial charge in [0.1, 0.15) is 17.4 Å². The lowest BCUT2D eigenvalue weighted by Gasteiger charge is -2.12. The van der Waals surface area contributed by atoms with Crippen LogP contribution in [0.25, 0.3) is 0 Å². The molecule has 6 heteroatoms. The van der Waals surface area contributed by atoms with Gasteiger partial charge in [-0.2, -0.15) is 4.98 Å². The van der Waals surface area contributed by atoms with Crippen LogP contribution in [0.15, 0.2) is 18.2 Å². The van der Waals surface area contributed by atoms with Crippen molar-refractivity contribution in [2.24, 2.45) is 5.84 Å².